The van der Waals surface area contributed by atoms with Crippen LogP contribution in [0.4, 0.5) is 0 Å². The summed E-state index contributed by atoms with van der Waals surface area (Å²) in [6.45, 7) is 3.66. The Morgan fingerprint density at radius 2 is 1.75 bits per heavy atom. The predicted octanol–water partition coefficient (Wildman–Crippen LogP) is 2.85. The topological polar surface area (TPSA) is 73.6 Å². The van der Waals surface area contributed by atoms with E-state index in [1.807, 2.05) is 12.1 Å². The molecule has 0 amide bonds. The monoisotopic (exact) mass is 277 g/mol. The lowest BCUT2D eigenvalue weighted by molar-refractivity contribution is 0.304. The highest BCUT2D eigenvalue weighted by Gasteiger charge is 1.96. The van der Waals surface area contributed by atoms with E-state index in [-0.39, 0.29) is 5.96 Å². The molecule has 0 aliphatic rings. The lowest BCUT2D eigenvalue weighted by atomic mass is 10.1. The Morgan fingerprint density at radius 1 is 1.05 bits per heavy atom. The smallest absolute Gasteiger partial charge is 0.185 e. The molecule has 1 aromatic carbocycles. The molecule has 0 fully saturated rings. The molecule has 0 atom stereocenters. The third-order valence-corrected chi connectivity index (χ3v) is 3.13. The van der Waals surface area contributed by atoms with Gasteiger partial charge in [0.15, 0.2) is 5.96 Å². The van der Waals surface area contributed by atoms with Crippen LogP contribution in [0.25, 0.3) is 0 Å². The molecule has 4 heteroatoms. The van der Waals surface area contributed by atoms with E-state index < -0.39 is 0 Å². The fraction of sp³-hybridized carbons (Fsp3) is 0.562. The molecule has 0 aliphatic carbocycles. The van der Waals surface area contributed by atoms with E-state index in [0.717, 1.165) is 25.2 Å². The van der Waals surface area contributed by atoms with Crippen molar-refractivity contribution in [2.24, 2.45) is 16.5 Å². The van der Waals surface area contributed by atoms with E-state index in [2.05, 4.69) is 24.0 Å². The number of benzene rings is 1. The number of unbranched alkanes of at least 4 members (excludes halogenated alkanes) is 4. The van der Waals surface area contributed by atoms with E-state index in [1.54, 1.807) is 0 Å². The SMILES string of the molecule is CCCCCCCOc1ccc(CCN=C(N)N)cc1. The van der Waals surface area contributed by atoms with Crippen molar-refractivity contribution in [2.75, 3.05) is 13.2 Å². The van der Waals surface area contributed by atoms with Crippen LogP contribution in [0.1, 0.15) is 44.6 Å². The zero-order chi connectivity index (χ0) is 14.6. The third kappa shape index (κ3) is 7.67. The molecule has 4 N–H and O–H groups in total. The van der Waals surface area contributed by atoms with Crippen molar-refractivity contribution in [3.05, 3.63) is 29.8 Å². The fourth-order valence-electron chi connectivity index (χ4n) is 1.96. The molecule has 20 heavy (non-hydrogen) atoms. The highest BCUT2D eigenvalue weighted by Crippen LogP contribution is 2.13. The number of nitrogens with two attached hydrogens (primary N) is 2. The maximum Gasteiger partial charge on any atom is 0.185 e. The van der Waals surface area contributed by atoms with Gasteiger partial charge in [-0.15, -0.1) is 0 Å². The van der Waals surface area contributed by atoms with E-state index in [0.29, 0.717) is 6.54 Å². The average molecular weight is 277 g/mol. The van der Waals surface area contributed by atoms with Crippen LogP contribution in [0.15, 0.2) is 29.3 Å². The van der Waals surface area contributed by atoms with Gasteiger partial charge < -0.3 is 16.2 Å². The minimum absolute atomic E-state index is 0.146. The van der Waals surface area contributed by atoms with Crippen LogP contribution < -0.4 is 16.2 Å². The second kappa shape index (κ2) is 10.1. The molecular weight excluding hydrogens is 250 g/mol. The molecule has 0 radical (unpaired) electrons. The molecule has 0 aromatic heterocycles. The van der Waals surface area contributed by atoms with Crippen LogP contribution in [0.2, 0.25) is 0 Å². The maximum absolute atomic E-state index is 5.72. The van der Waals surface area contributed by atoms with Gasteiger partial charge in [-0.1, -0.05) is 44.7 Å². The van der Waals surface area contributed by atoms with E-state index >= 15 is 0 Å². The van der Waals surface area contributed by atoms with Crippen molar-refractivity contribution >= 4 is 5.96 Å². The van der Waals surface area contributed by atoms with Crippen LogP contribution in [-0.4, -0.2) is 19.1 Å². The second-order valence-electron chi connectivity index (χ2n) is 4.96. The maximum atomic E-state index is 5.72. The number of rotatable bonds is 10. The van der Waals surface area contributed by atoms with E-state index in [4.69, 9.17) is 16.2 Å². The molecule has 112 valence electrons. The zero-order valence-corrected chi connectivity index (χ0v) is 12.5. The molecule has 0 heterocycles. The lowest BCUT2D eigenvalue weighted by Gasteiger charge is -2.07. The van der Waals surface area contributed by atoms with Gasteiger partial charge in [-0.25, -0.2) is 0 Å². The first-order valence-corrected chi connectivity index (χ1v) is 7.49. The molecular formula is C16H27N3O. The first-order chi connectivity index (χ1) is 9.72. The van der Waals surface area contributed by atoms with Gasteiger partial charge in [0.05, 0.1) is 6.61 Å². The largest absolute Gasteiger partial charge is 0.494 e. The summed E-state index contributed by atoms with van der Waals surface area (Å²) in [6.07, 6.45) is 7.14. The number of hydrogen-bond acceptors (Lipinski definition) is 2. The number of guanidine groups is 1. The molecule has 0 saturated heterocycles. The predicted molar refractivity (Wildman–Crippen MR) is 85.1 cm³/mol. The van der Waals surface area contributed by atoms with Crippen LogP contribution in [0.5, 0.6) is 5.75 Å². The van der Waals surface area contributed by atoms with Crippen molar-refractivity contribution < 1.29 is 4.74 Å². The molecule has 0 aliphatic heterocycles. The normalized spacial score (nSPS) is 10.2. The fourth-order valence-corrected chi connectivity index (χ4v) is 1.96. The summed E-state index contributed by atoms with van der Waals surface area (Å²) >= 11 is 0. The Balaban J connectivity index is 2.20. The molecule has 0 saturated carbocycles. The summed E-state index contributed by atoms with van der Waals surface area (Å²) in [5.74, 6) is 1.08. The first-order valence-electron chi connectivity index (χ1n) is 7.49. The number of nitrogens with zero attached hydrogens (tertiary/aromatic N) is 1. The van der Waals surface area contributed by atoms with Gasteiger partial charge in [0.25, 0.3) is 0 Å². The van der Waals surface area contributed by atoms with Gasteiger partial charge in [-0.2, -0.15) is 0 Å². The van der Waals surface area contributed by atoms with Crippen molar-refractivity contribution in [3.63, 3.8) is 0 Å². The second-order valence-corrected chi connectivity index (χ2v) is 4.96. The Bertz CT molecular complexity index is 383. The Hall–Kier alpha value is -1.71. The minimum Gasteiger partial charge on any atom is -0.494 e. The standard InChI is InChI=1S/C16H27N3O/c1-2-3-4-5-6-13-20-15-9-7-14(8-10-15)11-12-19-16(17)18/h7-10H,2-6,11-13H2,1H3,(H4,17,18,19). The summed E-state index contributed by atoms with van der Waals surface area (Å²) in [7, 11) is 0. The Labute approximate surface area is 122 Å². The summed E-state index contributed by atoms with van der Waals surface area (Å²) in [5.41, 5.74) is 11.8. The number of aliphatic imine (C=N–C) groups is 1. The molecule has 4 nitrogen and oxygen atoms in total. The summed E-state index contributed by atoms with van der Waals surface area (Å²) in [6, 6.07) is 8.15. The van der Waals surface area contributed by atoms with Crippen molar-refractivity contribution in [2.45, 2.75) is 45.4 Å². The molecule has 0 bridgehead atoms. The number of hydrogen-bond donors (Lipinski definition) is 2. The first kappa shape index (κ1) is 16.3. The molecule has 1 aromatic rings. The van der Waals surface area contributed by atoms with Crippen molar-refractivity contribution in [1.29, 1.82) is 0 Å². The molecule has 0 spiro atoms. The minimum atomic E-state index is 0.146. The van der Waals surface area contributed by atoms with Gasteiger partial charge in [0.1, 0.15) is 5.75 Å². The molecule has 0 unspecified atom stereocenters. The van der Waals surface area contributed by atoms with E-state index in [1.165, 1.54) is 31.2 Å². The Kier molecular flexibility index (Phi) is 8.27. The summed E-state index contributed by atoms with van der Waals surface area (Å²) in [4.78, 5) is 3.97. The van der Waals surface area contributed by atoms with Gasteiger partial charge in [0, 0.05) is 6.54 Å². The summed E-state index contributed by atoms with van der Waals surface area (Å²) in [5, 5.41) is 0. The number of ether oxygens (including phenoxy) is 1. The highest BCUT2D eigenvalue weighted by molar-refractivity contribution is 5.75. The quantitative estimate of drug-likeness (QED) is 0.392. The van der Waals surface area contributed by atoms with Gasteiger partial charge in [-0.05, 0) is 30.5 Å². The van der Waals surface area contributed by atoms with Gasteiger partial charge >= 0.3 is 0 Å². The average Bonchev–Trinajstić information content (AvgIpc) is 2.44. The zero-order valence-electron chi connectivity index (χ0n) is 12.5. The van der Waals surface area contributed by atoms with Crippen LogP contribution in [0.3, 0.4) is 0 Å². The van der Waals surface area contributed by atoms with Crippen molar-refractivity contribution in [3.8, 4) is 5.75 Å². The third-order valence-electron chi connectivity index (χ3n) is 3.13. The Morgan fingerprint density at radius 3 is 2.40 bits per heavy atom. The van der Waals surface area contributed by atoms with Crippen LogP contribution in [-0.2, 0) is 6.42 Å². The lowest BCUT2D eigenvalue weighted by Crippen LogP contribution is -2.23. The van der Waals surface area contributed by atoms with E-state index in [9.17, 15) is 0 Å². The molecule has 1 rings (SSSR count). The van der Waals surface area contributed by atoms with Crippen LogP contribution >= 0.6 is 0 Å². The van der Waals surface area contributed by atoms with Gasteiger partial charge in [-0.3, -0.25) is 4.99 Å². The van der Waals surface area contributed by atoms with Crippen molar-refractivity contribution in [1.82, 2.24) is 0 Å². The van der Waals surface area contributed by atoms with Gasteiger partial charge in [0.2, 0.25) is 0 Å². The summed E-state index contributed by atoms with van der Waals surface area (Å²) < 4.78 is 5.72. The highest BCUT2D eigenvalue weighted by atomic mass is 16.5. The van der Waals surface area contributed by atoms with Crippen LogP contribution in [0, 0.1) is 0 Å².